The number of benzene rings is 3. The topological polar surface area (TPSA) is 84.0 Å². The van der Waals surface area contributed by atoms with E-state index in [0.29, 0.717) is 21.7 Å². The summed E-state index contributed by atoms with van der Waals surface area (Å²) in [5.41, 5.74) is 16.4. The average molecular weight is 376 g/mol. The van der Waals surface area contributed by atoms with Crippen molar-refractivity contribution in [2.45, 2.75) is 28.5 Å². The number of rotatable bonds is 5. The minimum Gasteiger partial charge on any atom is -0.694 e. The molecule has 0 fully saturated rings. The van der Waals surface area contributed by atoms with Crippen molar-refractivity contribution >= 4 is 33.8 Å². The van der Waals surface area contributed by atoms with E-state index in [0.717, 1.165) is 9.79 Å². The third-order valence-electron chi connectivity index (χ3n) is 4.27. The van der Waals surface area contributed by atoms with Crippen LogP contribution in [0.15, 0.2) is 81.4 Å². The lowest BCUT2D eigenvalue weighted by Crippen LogP contribution is -2.11. The van der Waals surface area contributed by atoms with Gasteiger partial charge >= 0.3 is 0 Å². The van der Waals surface area contributed by atoms with E-state index in [1.54, 1.807) is 18.2 Å². The number of hydrogen-bond donors (Lipinski definition) is 1. The Balaban J connectivity index is 2.31. The molecule has 3 rings (SSSR count). The van der Waals surface area contributed by atoms with Crippen molar-refractivity contribution < 1.29 is 9.59 Å². The molecule has 0 amide bonds. The second kappa shape index (κ2) is 7.68. The Morgan fingerprint density at radius 1 is 0.778 bits per heavy atom. The molecule has 1 unspecified atom stereocenters. The first kappa shape index (κ1) is 18.7. The van der Waals surface area contributed by atoms with E-state index in [1.165, 1.54) is 13.8 Å². The van der Waals surface area contributed by atoms with Crippen LogP contribution >= 0.6 is 0 Å². The molecule has 5 heteroatoms. The second-order valence-corrected chi connectivity index (χ2v) is 8.09. The number of para-hydroxylation sites is 1. The molecule has 0 heterocycles. The van der Waals surface area contributed by atoms with Gasteiger partial charge in [-0.3, -0.25) is 9.59 Å². The number of carbonyl (C=O) groups is 2. The Bertz CT molecular complexity index is 953. The summed E-state index contributed by atoms with van der Waals surface area (Å²) in [4.78, 5) is 26.4. The summed E-state index contributed by atoms with van der Waals surface area (Å²) in [6, 6.07) is 20.4. The van der Waals surface area contributed by atoms with E-state index in [9.17, 15) is 9.59 Å². The van der Waals surface area contributed by atoms with E-state index in [4.69, 9.17) is 11.5 Å². The summed E-state index contributed by atoms with van der Waals surface area (Å²) >= 11 is 0. The van der Waals surface area contributed by atoms with Gasteiger partial charge in [-0.25, -0.2) is 0 Å². The molecule has 0 bridgehead atoms. The van der Waals surface area contributed by atoms with Crippen molar-refractivity contribution in [2.75, 3.05) is 5.73 Å². The molecular formula is C22H20N2O2S. The molecule has 0 radical (unpaired) electrons. The number of nitrogen functional groups attached to an aromatic ring is 1. The Morgan fingerprint density at radius 2 is 1.33 bits per heavy atom. The van der Waals surface area contributed by atoms with Crippen LogP contribution in [0, 0.1) is 0 Å². The van der Waals surface area contributed by atoms with Crippen molar-refractivity contribution in [1.82, 2.24) is 0 Å². The van der Waals surface area contributed by atoms with Crippen LogP contribution in [0.2, 0.25) is 0 Å². The van der Waals surface area contributed by atoms with E-state index in [-0.39, 0.29) is 17.3 Å². The molecule has 0 saturated carbocycles. The normalized spacial score (nSPS) is 11.8. The molecule has 0 aliphatic heterocycles. The van der Waals surface area contributed by atoms with Gasteiger partial charge in [-0.2, -0.15) is 0 Å². The third kappa shape index (κ3) is 3.59. The molecule has 0 saturated heterocycles. The fourth-order valence-corrected chi connectivity index (χ4v) is 5.20. The molecular weight excluding hydrogens is 356 g/mol. The molecule has 3 aromatic carbocycles. The van der Waals surface area contributed by atoms with E-state index >= 15 is 0 Å². The van der Waals surface area contributed by atoms with Gasteiger partial charge in [-0.1, -0.05) is 42.1 Å². The predicted molar refractivity (Wildman–Crippen MR) is 110 cm³/mol. The maximum Gasteiger partial charge on any atom is 0.190 e. The lowest BCUT2D eigenvalue weighted by Gasteiger charge is -2.18. The van der Waals surface area contributed by atoms with Gasteiger partial charge in [0.05, 0.1) is 5.69 Å². The molecule has 1 atom stereocenters. The van der Waals surface area contributed by atoms with Crippen molar-refractivity contribution in [3.63, 3.8) is 0 Å². The fraction of sp³-hybridized carbons (Fsp3) is 0.0909. The monoisotopic (exact) mass is 376 g/mol. The van der Waals surface area contributed by atoms with E-state index < -0.39 is 10.9 Å². The minimum atomic E-state index is -0.708. The van der Waals surface area contributed by atoms with Crippen LogP contribution in [-0.2, 0) is 10.9 Å². The number of hydrogen-bond acceptors (Lipinski definition) is 3. The summed E-state index contributed by atoms with van der Waals surface area (Å²) in [5.74, 6) is -0.251. The van der Waals surface area contributed by atoms with Gasteiger partial charge in [0.15, 0.2) is 26.3 Å². The first-order valence-electron chi connectivity index (χ1n) is 8.46. The summed E-state index contributed by atoms with van der Waals surface area (Å²) in [7, 11) is -0.708. The van der Waals surface area contributed by atoms with Crippen molar-refractivity contribution in [2.24, 2.45) is 0 Å². The highest BCUT2D eigenvalue weighted by Crippen LogP contribution is 2.41. The van der Waals surface area contributed by atoms with Crippen LogP contribution in [0.3, 0.4) is 0 Å². The predicted octanol–water partition coefficient (Wildman–Crippen LogP) is 5.45. The zero-order valence-electron chi connectivity index (χ0n) is 15.2. The van der Waals surface area contributed by atoms with E-state index in [2.05, 4.69) is 0 Å². The lowest BCUT2D eigenvalue weighted by molar-refractivity contribution is 0.101. The van der Waals surface area contributed by atoms with Crippen molar-refractivity contribution in [1.29, 1.82) is 0 Å². The Morgan fingerprint density at radius 3 is 1.93 bits per heavy atom. The van der Waals surface area contributed by atoms with Crippen molar-refractivity contribution in [3.05, 3.63) is 83.6 Å². The van der Waals surface area contributed by atoms with Gasteiger partial charge in [-0.15, -0.1) is 0 Å². The smallest absolute Gasteiger partial charge is 0.190 e. The lowest BCUT2D eigenvalue weighted by atomic mass is 10.1. The maximum absolute atomic E-state index is 12.0. The largest absolute Gasteiger partial charge is 0.694 e. The number of nitrogens with two attached hydrogens (primary N) is 1. The van der Waals surface area contributed by atoms with Gasteiger partial charge < -0.3 is 11.5 Å². The minimum absolute atomic E-state index is 0.102. The fourth-order valence-electron chi connectivity index (χ4n) is 2.95. The first-order chi connectivity index (χ1) is 12.9. The van der Waals surface area contributed by atoms with Gasteiger partial charge in [0.1, 0.15) is 10.9 Å². The third-order valence-corrected chi connectivity index (χ3v) is 6.59. The van der Waals surface area contributed by atoms with Crippen LogP contribution in [0.1, 0.15) is 34.6 Å². The molecule has 4 nitrogen and oxygen atoms in total. The maximum atomic E-state index is 12.0. The zero-order valence-corrected chi connectivity index (χ0v) is 16.0. The highest BCUT2D eigenvalue weighted by molar-refractivity contribution is 7.97. The highest BCUT2D eigenvalue weighted by atomic mass is 32.2. The Labute approximate surface area is 161 Å². The summed E-state index contributed by atoms with van der Waals surface area (Å²) < 4.78 is 0. The number of carbonyl (C=O) groups excluding carboxylic acids is 2. The standard InChI is InChI=1S/C22H20N2O2S/c1-14(25)17-10-6-12-19(21(17)23)27(16-8-4-3-5-9-16)20-13-7-11-18(15(2)26)22(20)24/h3-13H,1-2H3,(H3-,23,24,25,26). The summed E-state index contributed by atoms with van der Waals surface area (Å²) in [6.07, 6.45) is 0. The molecule has 0 aromatic heterocycles. The van der Waals surface area contributed by atoms with Crippen LogP contribution < -0.4 is 5.73 Å². The number of ketones is 2. The average Bonchev–Trinajstić information content (AvgIpc) is 2.65. The van der Waals surface area contributed by atoms with Crippen LogP contribution in [0.4, 0.5) is 11.4 Å². The summed E-state index contributed by atoms with van der Waals surface area (Å²) in [5, 5.41) is 0. The SMILES string of the molecule is CC(=O)c1cccc([S+](c2ccccc2)c2cccc(C(C)=O)c2N)c1[NH-]. The van der Waals surface area contributed by atoms with Gasteiger partial charge in [0.25, 0.3) is 0 Å². The number of nitrogens with one attached hydrogen (secondary N) is 1. The molecule has 27 heavy (non-hydrogen) atoms. The van der Waals surface area contributed by atoms with Gasteiger partial charge in [0, 0.05) is 11.1 Å². The second-order valence-electron chi connectivity index (χ2n) is 6.13. The van der Waals surface area contributed by atoms with E-state index in [1.807, 2.05) is 48.5 Å². The highest BCUT2D eigenvalue weighted by Gasteiger charge is 2.33. The Hall–Kier alpha value is -3.05. The quantitative estimate of drug-likeness (QED) is 0.365. The van der Waals surface area contributed by atoms with Crippen LogP contribution in [0.25, 0.3) is 5.73 Å². The van der Waals surface area contributed by atoms with Crippen molar-refractivity contribution in [3.8, 4) is 0 Å². The molecule has 0 spiro atoms. The van der Waals surface area contributed by atoms with Gasteiger partial charge in [-0.05, 0) is 44.2 Å². The van der Waals surface area contributed by atoms with Crippen LogP contribution in [0.5, 0.6) is 0 Å². The molecule has 3 aromatic rings. The van der Waals surface area contributed by atoms with Crippen LogP contribution in [-0.4, -0.2) is 11.6 Å². The summed E-state index contributed by atoms with van der Waals surface area (Å²) in [6.45, 7) is 2.95. The molecule has 0 aliphatic rings. The number of anilines is 1. The zero-order chi connectivity index (χ0) is 19.6. The number of Topliss-reactive ketones (excluding diaryl/α,β-unsaturated/α-hetero) is 2. The van der Waals surface area contributed by atoms with Gasteiger partial charge in [0.2, 0.25) is 0 Å². The molecule has 3 N–H and O–H groups in total. The molecule has 0 aliphatic carbocycles. The molecule has 136 valence electrons. The Kier molecular flexibility index (Phi) is 5.33. The first-order valence-corrected chi connectivity index (χ1v) is 9.68.